The van der Waals surface area contributed by atoms with Gasteiger partial charge >= 0.3 is 5.97 Å². The molecular formula is C8H14O3. The standard InChI is InChI=1S/C8H14O3/c1-3-5-11-8(10)6-7(9)4-2/h3,7,9H,1,4-6H2,2H3. The fraction of sp³-hybridized carbons (Fsp3) is 0.625. The van der Waals surface area contributed by atoms with Crippen molar-refractivity contribution < 1.29 is 14.6 Å². The largest absolute Gasteiger partial charge is 0.461 e. The summed E-state index contributed by atoms with van der Waals surface area (Å²) in [5.74, 6) is -0.376. The van der Waals surface area contributed by atoms with E-state index in [1.165, 1.54) is 6.08 Å². The second kappa shape index (κ2) is 5.92. The van der Waals surface area contributed by atoms with E-state index in [2.05, 4.69) is 11.3 Å². The fourth-order valence-electron chi connectivity index (χ4n) is 0.548. The van der Waals surface area contributed by atoms with Gasteiger partial charge in [0.05, 0.1) is 12.5 Å². The summed E-state index contributed by atoms with van der Waals surface area (Å²) in [5.41, 5.74) is 0. The number of hydrogen-bond donors (Lipinski definition) is 1. The first-order chi connectivity index (χ1) is 5.20. The highest BCUT2D eigenvalue weighted by Gasteiger charge is 2.08. The van der Waals surface area contributed by atoms with Gasteiger partial charge in [0.2, 0.25) is 0 Å². The van der Waals surface area contributed by atoms with Crippen LogP contribution in [-0.2, 0) is 9.53 Å². The Labute approximate surface area is 66.7 Å². The molecule has 0 rings (SSSR count). The second-order valence-electron chi connectivity index (χ2n) is 2.24. The lowest BCUT2D eigenvalue weighted by Crippen LogP contribution is -2.14. The summed E-state index contributed by atoms with van der Waals surface area (Å²) < 4.78 is 4.65. The maximum Gasteiger partial charge on any atom is 0.308 e. The van der Waals surface area contributed by atoms with E-state index in [9.17, 15) is 4.79 Å². The number of carbonyl (C=O) groups excluding carboxylic acids is 1. The van der Waals surface area contributed by atoms with Gasteiger partial charge in [-0.05, 0) is 6.42 Å². The number of ether oxygens (including phenoxy) is 1. The molecule has 1 N–H and O–H groups in total. The molecule has 0 amide bonds. The zero-order valence-corrected chi connectivity index (χ0v) is 6.75. The summed E-state index contributed by atoms with van der Waals surface area (Å²) in [7, 11) is 0. The van der Waals surface area contributed by atoms with Crippen LogP contribution in [0.4, 0.5) is 0 Å². The molecule has 3 nitrogen and oxygen atoms in total. The molecule has 0 aromatic heterocycles. The SMILES string of the molecule is C=CCOC(=O)CC(O)CC. The molecular weight excluding hydrogens is 144 g/mol. The van der Waals surface area contributed by atoms with E-state index in [1.807, 2.05) is 6.92 Å². The lowest BCUT2D eigenvalue weighted by atomic mass is 10.2. The molecule has 3 heteroatoms. The van der Waals surface area contributed by atoms with E-state index in [0.29, 0.717) is 6.42 Å². The van der Waals surface area contributed by atoms with Gasteiger partial charge in [0.15, 0.2) is 0 Å². The number of esters is 1. The molecule has 0 saturated heterocycles. The van der Waals surface area contributed by atoms with Gasteiger partial charge in [0.1, 0.15) is 6.61 Å². The smallest absolute Gasteiger partial charge is 0.308 e. The topological polar surface area (TPSA) is 46.5 Å². The number of aliphatic hydroxyl groups is 1. The van der Waals surface area contributed by atoms with Gasteiger partial charge in [-0.25, -0.2) is 0 Å². The van der Waals surface area contributed by atoms with E-state index in [4.69, 9.17) is 5.11 Å². The summed E-state index contributed by atoms with van der Waals surface area (Å²) in [6.45, 7) is 5.42. The van der Waals surface area contributed by atoms with Gasteiger partial charge in [0.25, 0.3) is 0 Å². The minimum Gasteiger partial charge on any atom is -0.461 e. The highest BCUT2D eigenvalue weighted by molar-refractivity contribution is 5.69. The normalized spacial score (nSPS) is 12.2. The van der Waals surface area contributed by atoms with Crippen molar-refractivity contribution in [1.29, 1.82) is 0 Å². The number of rotatable bonds is 5. The van der Waals surface area contributed by atoms with Crippen LogP contribution in [0.2, 0.25) is 0 Å². The first-order valence-corrected chi connectivity index (χ1v) is 3.65. The molecule has 1 unspecified atom stereocenters. The van der Waals surface area contributed by atoms with Gasteiger partial charge in [0, 0.05) is 0 Å². The van der Waals surface area contributed by atoms with Crippen LogP contribution in [0.1, 0.15) is 19.8 Å². The zero-order chi connectivity index (χ0) is 8.69. The molecule has 0 spiro atoms. The van der Waals surface area contributed by atoms with E-state index in [1.54, 1.807) is 0 Å². The van der Waals surface area contributed by atoms with E-state index in [-0.39, 0.29) is 19.0 Å². The van der Waals surface area contributed by atoms with Crippen LogP contribution in [0.5, 0.6) is 0 Å². The molecule has 0 aromatic rings. The van der Waals surface area contributed by atoms with Gasteiger partial charge in [-0.2, -0.15) is 0 Å². The molecule has 0 saturated carbocycles. The molecule has 0 radical (unpaired) electrons. The Hall–Kier alpha value is -0.830. The Balaban J connectivity index is 3.43. The fourth-order valence-corrected chi connectivity index (χ4v) is 0.548. The third kappa shape index (κ3) is 5.61. The molecule has 0 fully saturated rings. The molecule has 0 heterocycles. The van der Waals surface area contributed by atoms with Crippen molar-refractivity contribution in [3.63, 3.8) is 0 Å². The predicted octanol–water partition coefficient (Wildman–Crippen LogP) is 0.877. The average Bonchev–Trinajstić information content (AvgIpc) is 2.00. The molecule has 0 aromatic carbocycles. The Morgan fingerprint density at radius 1 is 1.82 bits per heavy atom. The van der Waals surface area contributed by atoms with E-state index < -0.39 is 6.10 Å². The minimum atomic E-state index is -0.577. The number of carbonyl (C=O) groups is 1. The monoisotopic (exact) mass is 158 g/mol. The Bertz CT molecular complexity index is 131. The number of hydrogen-bond acceptors (Lipinski definition) is 3. The maximum absolute atomic E-state index is 10.7. The van der Waals surface area contributed by atoms with Crippen molar-refractivity contribution in [2.75, 3.05) is 6.61 Å². The predicted molar refractivity (Wildman–Crippen MR) is 42.1 cm³/mol. The summed E-state index contributed by atoms with van der Waals surface area (Å²) >= 11 is 0. The van der Waals surface area contributed by atoms with E-state index in [0.717, 1.165) is 0 Å². The van der Waals surface area contributed by atoms with Crippen LogP contribution in [0.15, 0.2) is 12.7 Å². The second-order valence-corrected chi connectivity index (χ2v) is 2.24. The van der Waals surface area contributed by atoms with Crippen LogP contribution in [0.3, 0.4) is 0 Å². The van der Waals surface area contributed by atoms with Crippen molar-refractivity contribution in [3.05, 3.63) is 12.7 Å². The lowest BCUT2D eigenvalue weighted by molar-refractivity contribution is -0.144. The summed E-state index contributed by atoms with van der Waals surface area (Å²) in [6.07, 6.45) is 1.57. The van der Waals surface area contributed by atoms with Gasteiger partial charge in [-0.1, -0.05) is 19.6 Å². The van der Waals surface area contributed by atoms with Crippen LogP contribution in [-0.4, -0.2) is 23.8 Å². The van der Waals surface area contributed by atoms with Crippen LogP contribution in [0.25, 0.3) is 0 Å². The van der Waals surface area contributed by atoms with Crippen molar-refractivity contribution >= 4 is 5.97 Å². The maximum atomic E-state index is 10.7. The van der Waals surface area contributed by atoms with Crippen LogP contribution >= 0.6 is 0 Å². The molecule has 64 valence electrons. The quantitative estimate of drug-likeness (QED) is 0.477. The number of aliphatic hydroxyl groups excluding tert-OH is 1. The third-order valence-corrected chi connectivity index (χ3v) is 1.24. The zero-order valence-electron chi connectivity index (χ0n) is 6.75. The molecule has 0 bridgehead atoms. The lowest BCUT2D eigenvalue weighted by Gasteiger charge is -2.05. The van der Waals surface area contributed by atoms with Crippen molar-refractivity contribution in [2.24, 2.45) is 0 Å². The highest BCUT2D eigenvalue weighted by Crippen LogP contribution is 1.98. The summed E-state index contributed by atoms with van der Waals surface area (Å²) in [5, 5.41) is 9.00. The van der Waals surface area contributed by atoms with Gasteiger partial charge in [-0.15, -0.1) is 0 Å². The molecule has 0 aliphatic heterocycles. The molecule has 0 aliphatic carbocycles. The summed E-state index contributed by atoms with van der Waals surface area (Å²) in [4.78, 5) is 10.7. The van der Waals surface area contributed by atoms with Crippen LogP contribution < -0.4 is 0 Å². The van der Waals surface area contributed by atoms with Crippen molar-refractivity contribution in [3.8, 4) is 0 Å². The van der Waals surface area contributed by atoms with Gasteiger partial charge in [-0.3, -0.25) is 4.79 Å². The Morgan fingerprint density at radius 2 is 2.45 bits per heavy atom. The molecule has 1 atom stereocenters. The first kappa shape index (κ1) is 10.2. The average molecular weight is 158 g/mol. The Kier molecular flexibility index (Phi) is 5.47. The van der Waals surface area contributed by atoms with Gasteiger partial charge < -0.3 is 9.84 Å². The Morgan fingerprint density at radius 3 is 2.91 bits per heavy atom. The van der Waals surface area contributed by atoms with Crippen molar-refractivity contribution in [2.45, 2.75) is 25.9 Å². The summed E-state index contributed by atoms with van der Waals surface area (Å²) in [6, 6.07) is 0. The molecule has 11 heavy (non-hydrogen) atoms. The van der Waals surface area contributed by atoms with Crippen molar-refractivity contribution in [1.82, 2.24) is 0 Å². The molecule has 0 aliphatic rings. The van der Waals surface area contributed by atoms with Crippen LogP contribution in [0, 0.1) is 0 Å². The first-order valence-electron chi connectivity index (χ1n) is 3.65. The third-order valence-electron chi connectivity index (χ3n) is 1.24. The minimum absolute atomic E-state index is 0.0737. The van der Waals surface area contributed by atoms with E-state index >= 15 is 0 Å². The highest BCUT2D eigenvalue weighted by atomic mass is 16.5.